The fourth-order valence-electron chi connectivity index (χ4n) is 1.98. The van der Waals surface area contributed by atoms with Crippen LogP contribution < -0.4 is 0 Å². The van der Waals surface area contributed by atoms with Crippen molar-refractivity contribution in [2.45, 2.75) is 19.3 Å². The molecule has 0 spiro atoms. The summed E-state index contributed by atoms with van der Waals surface area (Å²) in [6, 6.07) is 7.99. The van der Waals surface area contributed by atoms with Gasteiger partial charge in [-0.15, -0.1) is 0 Å². The molecule has 0 atom stereocenters. The van der Waals surface area contributed by atoms with Crippen molar-refractivity contribution in [3.8, 4) is 0 Å². The Labute approximate surface area is 99.8 Å². The Bertz CT molecular complexity index is 540. The predicted octanol–water partition coefficient (Wildman–Crippen LogP) is 2.66. The van der Waals surface area contributed by atoms with Gasteiger partial charge < -0.3 is 9.72 Å². The van der Waals surface area contributed by atoms with Gasteiger partial charge >= 0.3 is 5.97 Å². The van der Waals surface area contributed by atoms with Gasteiger partial charge in [0.2, 0.25) is 0 Å². The SMILES string of the molecule is O=C(Cc1c[nH]c2ccccc12)OCC1CC1. The lowest BCUT2D eigenvalue weighted by molar-refractivity contribution is -0.143. The number of H-pyrrole nitrogens is 1. The topological polar surface area (TPSA) is 42.1 Å². The Morgan fingerprint density at radius 2 is 2.18 bits per heavy atom. The van der Waals surface area contributed by atoms with Crippen molar-refractivity contribution in [2.75, 3.05) is 6.61 Å². The van der Waals surface area contributed by atoms with Crippen molar-refractivity contribution >= 4 is 16.9 Å². The highest BCUT2D eigenvalue weighted by molar-refractivity contribution is 5.87. The Morgan fingerprint density at radius 1 is 1.35 bits per heavy atom. The largest absolute Gasteiger partial charge is 0.465 e. The molecule has 1 aromatic heterocycles. The van der Waals surface area contributed by atoms with Crippen molar-refractivity contribution in [1.29, 1.82) is 0 Å². The van der Waals surface area contributed by atoms with Crippen molar-refractivity contribution in [3.63, 3.8) is 0 Å². The second-order valence-electron chi connectivity index (χ2n) is 4.66. The first kappa shape index (κ1) is 10.4. The number of benzene rings is 1. The molecule has 1 saturated carbocycles. The average Bonchev–Trinajstić information content (AvgIpc) is 3.10. The molecule has 1 aromatic carbocycles. The molecule has 3 heteroatoms. The summed E-state index contributed by atoms with van der Waals surface area (Å²) in [7, 11) is 0. The van der Waals surface area contributed by atoms with Crippen LogP contribution in [0.5, 0.6) is 0 Å². The van der Waals surface area contributed by atoms with Crippen LogP contribution in [-0.4, -0.2) is 17.6 Å². The lowest BCUT2D eigenvalue weighted by Gasteiger charge is -2.02. The second kappa shape index (κ2) is 4.24. The van der Waals surface area contributed by atoms with E-state index in [-0.39, 0.29) is 5.97 Å². The molecular weight excluding hydrogens is 214 g/mol. The molecule has 0 bridgehead atoms. The number of rotatable bonds is 4. The fraction of sp³-hybridized carbons (Fsp3) is 0.357. The Hall–Kier alpha value is -1.77. The van der Waals surface area contributed by atoms with Crippen molar-refractivity contribution in [1.82, 2.24) is 4.98 Å². The zero-order valence-electron chi connectivity index (χ0n) is 9.61. The van der Waals surface area contributed by atoms with E-state index in [0.29, 0.717) is 18.9 Å². The van der Waals surface area contributed by atoms with E-state index in [1.54, 1.807) is 0 Å². The number of aromatic nitrogens is 1. The van der Waals surface area contributed by atoms with E-state index in [9.17, 15) is 4.79 Å². The molecule has 3 nitrogen and oxygen atoms in total. The maximum absolute atomic E-state index is 11.7. The molecule has 0 radical (unpaired) electrons. The van der Waals surface area contributed by atoms with Crippen LogP contribution in [0.4, 0.5) is 0 Å². The van der Waals surface area contributed by atoms with Gasteiger partial charge in [-0.05, 0) is 30.4 Å². The highest BCUT2D eigenvalue weighted by Gasteiger charge is 2.23. The van der Waals surface area contributed by atoms with E-state index in [0.717, 1.165) is 16.5 Å². The van der Waals surface area contributed by atoms with Crippen LogP contribution in [0.25, 0.3) is 10.9 Å². The number of carbonyl (C=O) groups is 1. The summed E-state index contributed by atoms with van der Waals surface area (Å²) in [6.07, 6.45) is 4.67. The summed E-state index contributed by atoms with van der Waals surface area (Å²) in [6.45, 7) is 0.598. The minimum Gasteiger partial charge on any atom is -0.465 e. The van der Waals surface area contributed by atoms with Gasteiger partial charge in [-0.2, -0.15) is 0 Å². The molecule has 0 aliphatic heterocycles. The van der Waals surface area contributed by atoms with Crippen LogP contribution in [0.15, 0.2) is 30.5 Å². The number of nitrogens with one attached hydrogen (secondary N) is 1. The summed E-state index contributed by atoms with van der Waals surface area (Å²) < 4.78 is 5.24. The third-order valence-corrected chi connectivity index (χ3v) is 3.19. The number of carbonyl (C=O) groups excluding carboxylic acids is 1. The number of ether oxygens (including phenoxy) is 1. The molecule has 1 N–H and O–H groups in total. The molecule has 88 valence electrons. The van der Waals surface area contributed by atoms with Crippen molar-refractivity contribution < 1.29 is 9.53 Å². The Morgan fingerprint density at radius 3 is 3.00 bits per heavy atom. The fourth-order valence-corrected chi connectivity index (χ4v) is 1.98. The van der Waals surface area contributed by atoms with Crippen LogP contribution in [0.1, 0.15) is 18.4 Å². The van der Waals surface area contributed by atoms with Gasteiger partial charge in [0.15, 0.2) is 0 Å². The molecule has 3 rings (SSSR count). The number of hydrogen-bond acceptors (Lipinski definition) is 2. The third kappa shape index (κ3) is 2.33. The number of fused-ring (bicyclic) bond motifs is 1. The molecule has 1 fully saturated rings. The summed E-state index contributed by atoms with van der Waals surface area (Å²) in [4.78, 5) is 14.8. The molecule has 17 heavy (non-hydrogen) atoms. The van der Waals surface area contributed by atoms with Gasteiger partial charge in [-0.3, -0.25) is 4.79 Å². The van der Waals surface area contributed by atoms with E-state index in [4.69, 9.17) is 4.74 Å². The zero-order chi connectivity index (χ0) is 11.7. The van der Waals surface area contributed by atoms with E-state index in [1.165, 1.54) is 12.8 Å². The molecule has 2 aromatic rings. The van der Waals surface area contributed by atoms with Gasteiger partial charge in [0.1, 0.15) is 0 Å². The molecule has 0 saturated heterocycles. The normalized spacial score (nSPS) is 15.1. The van der Waals surface area contributed by atoms with Crippen molar-refractivity contribution in [3.05, 3.63) is 36.0 Å². The van der Waals surface area contributed by atoms with E-state index < -0.39 is 0 Å². The highest BCUT2D eigenvalue weighted by atomic mass is 16.5. The minimum absolute atomic E-state index is 0.123. The summed E-state index contributed by atoms with van der Waals surface area (Å²) in [5.41, 5.74) is 2.08. The number of esters is 1. The summed E-state index contributed by atoms with van der Waals surface area (Å²) >= 11 is 0. The first-order valence-electron chi connectivity index (χ1n) is 6.03. The average molecular weight is 229 g/mol. The van der Waals surface area contributed by atoms with Gasteiger partial charge in [0.05, 0.1) is 13.0 Å². The number of aromatic amines is 1. The first-order valence-corrected chi connectivity index (χ1v) is 6.03. The maximum Gasteiger partial charge on any atom is 0.310 e. The highest BCUT2D eigenvalue weighted by Crippen LogP contribution is 2.29. The predicted molar refractivity (Wildman–Crippen MR) is 65.7 cm³/mol. The van der Waals surface area contributed by atoms with E-state index >= 15 is 0 Å². The maximum atomic E-state index is 11.7. The van der Waals surface area contributed by atoms with Crippen LogP contribution in [-0.2, 0) is 16.0 Å². The van der Waals surface area contributed by atoms with Gasteiger partial charge in [0, 0.05) is 17.1 Å². The lowest BCUT2D eigenvalue weighted by atomic mass is 10.1. The zero-order valence-corrected chi connectivity index (χ0v) is 9.61. The monoisotopic (exact) mass is 229 g/mol. The Kier molecular flexibility index (Phi) is 2.59. The molecule has 1 heterocycles. The van der Waals surface area contributed by atoms with Gasteiger partial charge in [-0.25, -0.2) is 0 Å². The number of para-hydroxylation sites is 1. The minimum atomic E-state index is -0.123. The molecule has 1 aliphatic carbocycles. The van der Waals surface area contributed by atoms with Crippen LogP contribution in [0.2, 0.25) is 0 Å². The second-order valence-corrected chi connectivity index (χ2v) is 4.66. The smallest absolute Gasteiger partial charge is 0.310 e. The molecule has 0 unspecified atom stereocenters. The van der Waals surface area contributed by atoms with Crippen LogP contribution in [0, 0.1) is 5.92 Å². The Balaban J connectivity index is 1.68. The standard InChI is InChI=1S/C14H15NO2/c16-14(17-9-10-5-6-10)7-11-8-15-13-4-2-1-3-12(11)13/h1-4,8,10,15H,5-7,9H2. The van der Waals surface area contributed by atoms with E-state index in [1.807, 2.05) is 30.5 Å². The molecule has 1 aliphatic rings. The van der Waals surface area contributed by atoms with Crippen LogP contribution >= 0.6 is 0 Å². The molecule has 0 amide bonds. The van der Waals surface area contributed by atoms with Gasteiger partial charge in [-0.1, -0.05) is 18.2 Å². The van der Waals surface area contributed by atoms with E-state index in [2.05, 4.69) is 4.98 Å². The quantitative estimate of drug-likeness (QED) is 0.819. The first-order chi connectivity index (χ1) is 8.33. The third-order valence-electron chi connectivity index (χ3n) is 3.19. The van der Waals surface area contributed by atoms with Gasteiger partial charge in [0.25, 0.3) is 0 Å². The summed E-state index contributed by atoms with van der Waals surface area (Å²) in [5.74, 6) is 0.503. The van der Waals surface area contributed by atoms with Crippen molar-refractivity contribution in [2.24, 2.45) is 5.92 Å². The lowest BCUT2D eigenvalue weighted by Crippen LogP contribution is -2.09. The molecular formula is C14H15NO2. The summed E-state index contributed by atoms with van der Waals surface area (Å²) in [5, 5.41) is 1.11. The number of hydrogen-bond donors (Lipinski definition) is 1. The van der Waals surface area contributed by atoms with Crippen LogP contribution in [0.3, 0.4) is 0 Å².